The number of pyridine rings is 2. The van der Waals surface area contributed by atoms with E-state index in [1.54, 1.807) is 25.3 Å². The summed E-state index contributed by atoms with van der Waals surface area (Å²) in [6.45, 7) is 1.73. The SMILES string of the molecule is Cc1ncccc1-c1cc(C2(c3cncc(C(F)F)c3)N=C(N)N(C)C2=O)ccc1F. The molecule has 1 aliphatic heterocycles. The van der Waals surface area contributed by atoms with Crippen LogP contribution in [0.25, 0.3) is 11.1 Å². The van der Waals surface area contributed by atoms with Gasteiger partial charge in [-0.3, -0.25) is 19.7 Å². The van der Waals surface area contributed by atoms with Crippen LogP contribution in [0.1, 0.15) is 28.8 Å². The number of hydrogen-bond acceptors (Lipinski definition) is 5. The number of aliphatic imine (C=N–C) groups is 1. The van der Waals surface area contributed by atoms with Gasteiger partial charge in [0.15, 0.2) is 11.5 Å². The molecule has 31 heavy (non-hydrogen) atoms. The molecule has 0 aliphatic carbocycles. The second-order valence-electron chi connectivity index (χ2n) is 7.18. The highest BCUT2D eigenvalue weighted by Crippen LogP contribution is 2.41. The predicted octanol–water partition coefficient (Wildman–Crippen LogP) is 3.56. The molecule has 1 amide bonds. The monoisotopic (exact) mass is 425 g/mol. The first kappa shape index (κ1) is 20.5. The molecular formula is C22H18F3N5O. The van der Waals surface area contributed by atoms with Crippen LogP contribution in [0.2, 0.25) is 0 Å². The minimum absolute atomic E-state index is 0.0871. The van der Waals surface area contributed by atoms with Crippen LogP contribution in [0.4, 0.5) is 13.2 Å². The Hall–Kier alpha value is -3.75. The highest BCUT2D eigenvalue weighted by atomic mass is 19.3. The molecule has 1 aromatic carbocycles. The molecule has 0 spiro atoms. The van der Waals surface area contributed by atoms with Crippen LogP contribution in [-0.2, 0) is 10.3 Å². The van der Waals surface area contributed by atoms with E-state index >= 15 is 0 Å². The smallest absolute Gasteiger partial charge is 0.266 e. The van der Waals surface area contributed by atoms with Gasteiger partial charge in [-0.2, -0.15) is 0 Å². The van der Waals surface area contributed by atoms with E-state index in [0.29, 0.717) is 11.3 Å². The number of rotatable bonds is 4. The molecule has 0 saturated carbocycles. The zero-order valence-electron chi connectivity index (χ0n) is 16.7. The van der Waals surface area contributed by atoms with E-state index in [2.05, 4.69) is 15.0 Å². The van der Waals surface area contributed by atoms with E-state index in [1.807, 2.05) is 0 Å². The van der Waals surface area contributed by atoms with Crippen LogP contribution >= 0.6 is 0 Å². The number of aryl methyl sites for hydroxylation is 1. The lowest BCUT2D eigenvalue weighted by Gasteiger charge is -2.27. The number of likely N-dealkylation sites (N-methyl/N-ethyl adjacent to an activating group) is 1. The largest absolute Gasteiger partial charge is 0.369 e. The highest BCUT2D eigenvalue weighted by Gasteiger charge is 2.50. The van der Waals surface area contributed by atoms with E-state index in [4.69, 9.17) is 5.73 Å². The first-order valence-electron chi connectivity index (χ1n) is 9.34. The van der Waals surface area contributed by atoms with Gasteiger partial charge in [0.25, 0.3) is 12.3 Å². The lowest BCUT2D eigenvalue weighted by molar-refractivity contribution is -0.129. The Balaban J connectivity index is 1.99. The Morgan fingerprint density at radius 2 is 1.87 bits per heavy atom. The minimum atomic E-state index is -2.79. The molecule has 2 aromatic heterocycles. The third-order valence-electron chi connectivity index (χ3n) is 5.35. The zero-order valence-corrected chi connectivity index (χ0v) is 16.7. The van der Waals surface area contributed by atoms with Crippen molar-refractivity contribution in [2.24, 2.45) is 10.7 Å². The number of guanidine groups is 1. The Bertz CT molecular complexity index is 1210. The van der Waals surface area contributed by atoms with Crippen molar-refractivity contribution in [2.75, 3.05) is 7.05 Å². The van der Waals surface area contributed by atoms with Crippen molar-refractivity contribution < 1.29 is 18.0 Å². The summed E-state index contributed by atoms with van der Waals surface area (Å²) < 4.78 is 41.5. The number of halogens is 3. The molecule has 4 rings (SSSR count). The van der Waals surface area contributed by atoms with Crippen LogP contribution in [-0.4, -0.2) is 33.8 Å². The summed E-state index contributed by atoms with van der Waals surface area (Å²) in [6.07, 6.45) is 1.11. The minimum Gasteiger partial charge on any atom is -0.369 e. The van der Waals surface area contributed by atoms with Gasteiger partial charge < -0.3 is 5.73 Å². The first-order chi connectivity index (χ1) is 14.8. The number of nitrogens with two attached hydrogens (primary N) is 1. The Morgan fingerprint density at radius 1 is 1.10 bits per heavy atom. The molecule has 1 unspecified atom stereocenters. The Labute approximate surface area is 176 Å². The van der Waals surface area contributed by atoms with Gasteiger partial charge in [-0.15, -0.1) is 0 Å². The third-order valence-corrected chi connectivity index (χ3v) is 5.35. The van der Waals surface area contributed by atoms with Crippen LogP contribution in [0, 0.1) is 12.7 Å². The van der Waals surface area contributed by atoms with Gasteiger partial charge in [-0.1, -0.05) is 12.1 Å². The fourth-order valence-electron chi connectivity index (χ4n) is 3.68. The van der Waals surface area contributed by atoms with Crippen molar-refractivity contribution in [3.8, 4) is 11.1 Å². The molecule has 0 saturated heterocycles. The van der Waals surface area contributed by atoms with Crippen molar-refractivity contribution in [3.63, 3.8) is 0 Å². The number of hydrogen-bond donors (Lipinski definition) is 1. The second-order valence-corrected chi connectivity index (χ2v) is 7.18. The molecule has 0 radical (unpaired) electrons. The van der Waals surface area contributed by atoms with E-state index in [0.717, 1.165) is 11.1 Å². The highest BCUT2D eigenvalue weighted by molar-refractivity contribution is 6.09. The van der Waals surface area contributed by atoms with Gasteiger partial charge >= 0.3 is 0 Å². The lowest BCUT2D eigenvalue weighted by Crippen LogP contribution is -2.41. The molecule has 1 atom stereocenters. The van der Waals surface area contributed by atoms with Crippen LogP contribution in [0.3, 0.4) is 0 Å². The van der Waals surface area contributed by atoms with Crippen LogP contribution < -0.4 is 5.73 Å². The number of benzene rings is 1. The van der Waals surface area contributed by atoms with Crippen molar-refractivity contribution in [2.45, 2.75) is 18.9 Å². The van der Waals surface area contributed by atoms with Gasteiger partial charge in [0, 0.05) is 53.6 Å². The van der Waals surface area contributed by atoms with Crippen molar-refractivity contribution in [3.05, 3.63) is 83.2 Å². The molecule has 3 heterocycles. The van der Waals surface area contributed by atoms with Crippen LogP contribution in [0.15, 0.2) is 60.0 Å². The standard InChI is InChI=1S/C22H18F3N5O/c1-12-16(4-3-7-28-12)17-9-14(5-6-18(17)23)22(20(31)30(2)21(26)29-22)15-8-13(19(24)25)10-27-11-15/h3-11,19H,1-2H3,(H2,26,29). The molecule has 0 bridgehead atoms. The molecular weight excluding hydrogens is 407 g/mol. The number of amides is 1. The number of alkyl halides is 2. The van der Waals surface area contributed by atoms with Gasteiger partial charge in [-0.25, -0.2) is 18.2 Å². The third kappa shape index (κ3) is 3.22. The normalized spacial score (nSPS) is 18.6. The summed E-state index contributed by atoms with van der Waals surface area (Å²) in [5.74, 6) is -1.17. The zero-order chi connectivity index (χ0) is 22.3. The second kappa shape index (κ2) is 7.50. The molecule has 3 aromatic rings. The van der Waals surface area contributed by atoms with Gasteiger partial charge in [0.05, 0.1) is 0 Å². The van der Waals surface area contributed by atoms with Gasteiger partial charge in [0.2, 0.25) is 0 Å². The number of aromatic nitrogens is 2. The maximum absolute atomic E-state index is 14.8. The average molecular weight is 425 g/mol. The molecule has 2 N–H and O–H groups in total. The lowest BCUT2D eigenvalue weighted by atomic mass is 9.82. The summed E-state index contributed by atoms with van der Waals surface area (Å²) in [7, 11) is 1.43. The fourth-order valence-corrected chi connectivity index (χ4v) is 3.68. The summed E-state index contributed by atoms with van der Waals surface area (Å²) in [6, 6.07) is 8.63. The topological polar surface area (TPSA) is 84.5 Å². The fraction of sp³-hybridized carbons (Fsp3) is 0.182. The maximum atomic E-state index is 14.8. The number of nitrogens with zero attached hydrogens (tertiary/aromatic N) is 4. The summed E-state index contributed by atoms with van der Waals surface area (Å²) in [5, 5.41) is 0. The summed E-state index contributed by atoms with van der Waals surface area (Å²) in [4.78, 5) is 26.9. The van der Waals surface area contributed by atoms with E-state index in [-0.39, 0.29) is 28.2 Å². The van der Waals surface area contributed by atoms with Crippen molar-refractivity contribution >= 4 is 11.9 Å². The van der Waals surface area contributed by atoms with E-state index in [1.165, 1.54) is 37.5 Å². The van der Waals surface area contributed by atoms with Crippen LogP contribution in [0.5, 0.6) is 0 Å². The van der Waals surface area contributed by atoms with Gasteiger partial charge in [-0.05, 0) is 36.8 Å². The van der Waals surface area contributed by atoms with Crippen molar-refractivity contribution in [1.82, 2.24) is 14.9 Å². The molecule has 6 nitrogen and oxygen atoms in total. The summed E-state index contributed by atoms with van der Waals surface area (Å²) >= 11 is 0. The predicted molar refractivity (Wildman–Crippen MR) is 109 cm³/mol. The summed E-state index contributed by atoms with van der Waals surface area (Å²) in [5.41, 5.74) is 5.51. The van der Waals surface area contributed by atoms with E-state index < -0.39 is 23.7 Å². The number of carbonyl (C=O) groups is 1. The molecule has 158 valence electrons. The van der Waals surface area contributed by atoms with Crippen molar-refractivity contribution in [1.29, 1.82) is 0 Å². The average Bonchev–Trinajstić information content (AvgIpc) is 2.99. The number of carbonyl (C=O) groups excluding carboxylic acids is 1. The maximum Gasteiger partial charge on any atom is 0.266 e. The Kier molecular flexibility index (Phi) is 4.96. The van der Waals surface area contributed by atoms with E-state index in [9.17, 15) is 18.0 Å². The van der Waals surface area contributed by atoms with Gasteiger partial charge in [0.1, 0.15) is 5.82 Å². The molecule has 1 aliphatic rings. The Morgan fingerprint density at radius 3 is 2.52 bits per heavy atom. The molecule has 9 heteroatoms. The quantitative estimate of drug-likeness (QED) is 0.693. The molecule has 0 fully saturated rings. The first-order valence-corrected chi connectivity index (χ1v) is 9.34.